The summed E-state index contributed by atoms with van der Waals surface area (Å²) in [6, 6.07) is 5.89. The smallest absolute Gasteiger partial charge is 0.223 e. The maximum absolute atomic E-state index is 12.5. The zero-order chi connectivity index (χ0) is 18.6. The second-order valence-corrected chi connectivity index (χ2v) is 8.10. The van der Waals surface area contributed by atoms with Crippen molar-refractivity contribution in [3.63, 3.8) is 0 Å². The maximum atomic E-state index is 12.5. The van der Waals surface area contributed by atoms with Gasteiger partial charge in [0.05, 0.1) is 13.7 Å². The number of benzene rings is 1. The molecule has 5 nitrogen and oxygen atoms in total. The topological polar surface area (TPSA) is 59.6 Å². The molecule has 1 amide bonds. The van der Waals surface area contributed by atoms with Crippen LogP contribution in [0.1, 0.15) is 45.1 Å². The molecule has 1 heterocycles. The van der Waals surface area contributed by atoms with E-state index in [9.17, 15) is 4.79 Å². The highest BCUT2D eigenvalue weighted by atomic mass is 16.5. The monoisotopic (exact) mass is 360 g/mol. The fourth-order valence-corrected chi connectivity index (χ4v) is 3.85. The molecule has 144 valence electrons. The van der Waals surface area contributed by atoms with Gasteiger partial charge in [0.25, 0.3) is 0 Å². The summed E-state index contributed by atoms with van der Waals surface area (Å²) in [5.74, 6) is 2.50. The summed E-state index contributed by atoms with van der Waals surface area (Å²) in [5.41, 5.74) is 1.31. The lowest BCUT2D eigenvalue weighted by molar-refractivity contribution is -0.123. The first-order valence-electron chi connectivity index (χ1n) is 9.82. The second kappa shape index (κ2) is 8.30. The van der Waals surface area contributed by atoms with E-state index in [4.69, 9.17) is 9.47 Å². The number of carbonyl (C=O) groups excluding carboxylic acids is 1. The number of hydrogen-bond donors (Lipinski definition) is 2. The van der Waals surface area contributed by atoms with E-state index in [0.717, 1.165) is 55.8 Å². The molecule has 2 fully saturated rings. The van der Waals surface area contributed by atoms with Crippen molar-refractivity contribution >= 4 is 5.91 Å². The predicted molar refractivity (Wildman–Crippen MR) is 102 cm³/mol. The molecular formula is C21H32N2O3. The van der Waals surface area contributed by atoms with Gasteiger partial charge in [0.1, 0.15) is 0 Å². The van der Waals surface area contributed by atoms with Gasteiger partial charge in [-0.2, -0.15) is 0 Å². The summed E-state index contributed by atoms with van der Waals surface area (Å²) >= 11 is 0. The van der Waals surface area contributed by atoms with Crippen molar-refractivity contribution in [2.24, 2.45) is 17.3 Å². The molecule has 1 aliphatic carbocycles. The van der Waals surface area contributed by atoms with Crippen LogP contribution in [-0.2, 0) is 11.3 Å². The summed E-state index contributed by atoms with van der Waals surface area (Å²) in [5, 5.41) is 6.48. The molecule has 2 N–H and O–H groups in total. The van der Waals surface area contributed by atoms with E-state index in [1.54, 1.807) is 7.11 Å². The van der Waals surface area contributed by atoms with Crippen LogP contribution in [0.5, 0.6) is 11.5 Å². The summed E-state index contributed by atoms with van der Waals surface area (Å²) in [6.07, 6.45) is 4.31. The number of nitrogens with one attached hydrogen (secondary N) is 2. The van der Waals surface area contributed by atoms with E-state index in [2.05, 4.69) is 24.5 Å². The lowest BCUT2D eigenvalue weighted by atomic mass is 9.92. The molecule has 1 aliphatic heterocycles. The fourth-order valence-electron chi connectivity index (χ4n) is 3.85. The summed E-state index contributed by atoms with van der Waals surface area (Å²) < 4.78 is 11.3. The molecule has 3 rings (SSSR count). The van der Waals surface area contributed by atoms with Gasteiger partial charge in [0.15, 0.2) is 11.5 Å². The van der Waals surface area contributed by atoms with Crippen molar-refractivity contribution in [3.05, 3.63) is 23.8 Å². The Hall–Kier alpha value is -1.75. The molecule has 1 atom stereocenters. The van der Waals surface area contributed by atoms with Gasteiger partial charge < -0.3 is 20.1 Å². The van der Waals surface area contributed by atoms with E-state index in [1.807, 2.05) is 18.2 Å². The molecular weight excluding hydrogens is 328 g/mol. The molecule has 1 saturated carbocycles. The van der Waals surface area contributed by atoms with E-state index < -0.39 is 0 Å². The Balaban J connectivity index is 1.51. The number of rotatable bonds is 8. The van der Waals surface area contributed by atoms with Crippen LogP contribution in [0.15, 0.2) is 18.2 Å². The lowest BCUT2D eigenvalue weighted by Crippen LogP contribution is -2.33. The highest BCUT2D eigenvalue weighted by Gasteiger charge is 2.57. The third-order valence-electron chi connectivity index (χ3n) is 5.75. The van der Waals surface area contributed by atoms with Crippen molar-refractivity contribution in [3.8, 4) is 11.5 Å². The molecule has 26 heavy (non-hydrogen) atoms. The van der Waals surface area contributed by atoms with Crippen LogP contribution in [0.3, 0.4) is 0 Å². The van der Waals surface area contributed by atoms with E-state index >= 15 is 0 Å². The van der Waals surface area contributed by atoms with Crippen LogP contribution in [-0.4, -0.2) is 32.7 Å². The Labute approximate surface area is 156 Å². The Morgan fingerprint density at radius 1 is 1.31 bits per heavy atom. The average molecular weight is 360 g/mol. The van der Waals surface area contributed by atoms with Crippen LogP contribution < -0.4 is 20.1 Å². The average Bonchev–Trinajstić information content (AvgIpc) is 3.33. The van der Waals surface area contributed by atoms with Gasteiger partial charge in [0.2, 0.25) is 5.91 Å². The minimum Gasteiger partial charge on any atom is -0.493 e. The first-order chi connectivity index (χ1) is 12.5. The molecule has 1 saturated heterocycles. The largest absolute Gasteiger partial charge is 0.493 e. The first kappa shape index (κ1) is 19.0. The van der Waals surface area contributed by atoms with Crippen LogP contribution >= 0.6 is 0 Å². The molecule has 0 bridgehead atoms. The van der Waals surface area contributed by atoms with Crippen molar-refractivity contribution in [2.75, 3.05) is 26.8 Å². The third kappa shape index (κ3) is 4.50. The number of ether oxygens (including phenoxy) is 2. The van der Waals surface area contributed by atoms with Crippen LogP contribution in [0.4, 0.5) is 0 Å². The minimum absolute atomic E-state index is 0.197. The summed E-state index contributed by atoms with van der Waals surface area (Å²) in [4.78, 5) is 12.5. The van der Waals surface area contributed by atoms with Gasteiger partial charge in [0, 0.05) is 12.5 Å². The Morgan fingerprint density at radius 2 is 2.08 bits per heavy atom. The molecule has 1 spiro atoms. The normalized spacial score (nSPS) is 20.8. The van der Waals surface area contributed by atoms with E-state index in [1.165, 1.54) is 0 Å². The van der Waals surface area contributed by atoms with E-state index in [0.29, 0.717) is 19.1 Å². The molecule has 0 radical (unpaired) electrons. The van der Waals surface area contributed by atoms with Gasteiger partial charge in [-0.3, -0.25) is 4.79 Å². The summed E-state index contributed by atoms with van der Waals surface area (Å²) in [6.45, 7) is 7.66. The number of carbonyl (C=O) groups is 1. The lowest BCUT2D eigenvalue weighted by Gasteiger charge is -2.23. The fraction of sp³-hybridized carbons (Fsp3) is 0.667. The zero-order valence-electron chi connectivity index (χ0n) is 16.3. The Kier molecular flexibility index (Phi) is 6.07. The van der Waals surface area contributed by atoms with Gasteiger partial charge in [-0.1, -0.05) is 19.9 Å². The van der Waals surface area contributed by atoms with Crippen LogP contribution in [0.2, 0.25) is 0 Å². The van der Waals surface area contributed by atoms with Gasteiger partial charge in [-0.05, 0) is 67.8 Å². The number of hydrogen-bond acceptors (Lipinski definition) is 4. The zero-order valence-corrected chi connectivity index (χ0v) is 16.3. The minimum atomic E-state index is 0.197. The van der Waals surface area contributed by atoms with Crippen molar-refractivity contribution < 1.29 is 14.3 Å². The molecule has 1 unspecified atom stereocenters. The maximum Gasteiger partial charge on any atom is 0.223 e. The van der Waals surface area contributed by atoms with Gasteiger partial charge in [-0.25, -0.2) is 0 Å². The Bertz CT molecular complexity index is 624. The van der Waals surface area contributed by atoms with Crippen molar-refractivity contribution in [1.82, 2.24) is 10.6 Å². The molecule has 0 aromatic heterocycles. The first-order valence-corrected chi connectivity index (χ1v) is 9.82. The van der Waals surface area contributed by atoms with Crippen molar-refractivity contribution in [2.45, 2.75) is 46.1 Å². The number of methoxy groups -OCH3 is 1. The quantitative estimate of drug-likeness (QED) is 0.748. The summed E-state index contributed by atoms with van der Waals surface area (Å²) in [7, 11) is 1.65. The Morgan fingerprint density at radius 3 is 2.77 bits per heavy atom. The van der Waals surface area contributed by atoms with Crippen molar-refractivity contribution in [1.29, 1.82) is 0 Å². The molecule has 1 aromatic carbocycles. The second-order valence-electron chi connectivity index (χ2n) is 8.10. The highest BCUT2D eigenvalue weighted by molar-refractivity contribution is 5.82. The number of piperidine rings is 1. The SMILES string of the molecule is COc1cc(CNC(=O)C2CC23CCNCC3)ccc1OCCC(C)C. The molecule has 2 aliphatic rings. The standard InChI is InChI=1S/C21H32N2O3/c1-15(2)6-11-26-18-5-4-16(12-19(18)25-3)14-23-20(24)17-13-21(17)7-9-22-10-8-21/h4-5,12,15,17,22H,6-11,13-14H2,1-3H3,(H,23,24). The van der Waals surface area contributed by atoms with E-state index in [-0.39, 0.29) is 17.2 Å². The van der Waals surface area contributed by atoms with Crippen LogP contribution in [0.25, 0.3) is 0 Å². The van der Waals surface area contributed by atoms with Gasteiger partial charge in [-0.15, -0.1) is 0 Å². The van der Waals surface area contributed by atoms with Gasteiger partial charge >= 0.3 is 0 Å². The molecule has 1 aromatic rings. The van der Waals surface area contributed by atoms with Crippen LogP contribution in [0, 0.1) is 17.3 Å². The highest BCUT2D eigenvalue weighted by Crippen LogP contribution is 2.58. The number of amides is 1. The predicted octanol–water partition coefficient (Wildman–Crippen LogP) is 3.13. The molecule has 5 heteroatoms. The third-order valence-corrected chi connectivity index (χ3v) is 5.75.